The lowest BCUT2D eigenvalue weighted by molar-refractivity contribution is -0.384. The molecule has 2 aromatic rings. The minimum Gasteiger partial charge on any atom is -0.313 e. The highest BCUT2D eigenvalue weighted by Crippen LogP contribution is 2.23. The van der Waals surface area contributed by atoms with E-state index in [2.05, 4.69) is 17.3 Å². The SMILES string of the molecule is CCCNCc1cnn(-c2ccccc2[N+](=O)[O-])c1C. The average Bonchev–Trinajstić information content (AvgIpc) is 2.80. The Bertz CT molecular complexity index is 607. The van der Waals surface area contributed by atoms with Crippen LogP contribution in [0.3, 0.4) is 0 Å². The summed E-state index contributed by atoms with van der Waals surface area (Å²) < 4.78 is 1.63. The molecule has 20 heavy (non-hydrogen) atoms. The third-order valence-corrected chi connectivity index (χ3v) is 3.16. The van der Waals surface area contributed by atoms with Gasteiger partial charge >= 0.3 is 0 Å². The molecule has 0 atom stereocenters. The number of aromatic nitrogens is 2. The number of benzene rings is 1. The van der Waals surface area contributed by atoms with Gasteiger partial charge in [-0.3, -0.25) is 10.1 Å². The predicted octanol–water partition coefficient (Wildman–Crippen LogP) is 2.59. The summed E-state index contributed by atoms with van der Waals surface area (Å²) in [7, 11) is 0. The van der Waals surface area contributed by atoms with E-state index in [4.69, 9.17) is 0 Å². The molecule has 0 aliphatic heterocycles. The molecular weight excluding hydrogens is 256 g/mol. The predicted molar refractivity (Wildman–Crippen MR) is 77.0 cm³/mol. The molecule has 0 spiro atoms. The summed E-state index contributed by atoms with van der Waals surface area (Å²) in [6.45, 7) is 5.69. The first-order valence-electron chi connectivity index (χ1n) is 6.63. The maximum absolute atomic E-state index is 11.1. The van der Waals surface area contributed by atoms with Crippen molar-refractivity contribution < 1.29 is 4.92 Å². The van der Waals surface area contributed by atoms with Crippen LogP contribution in [0.2, 0.25) is 0 Å². The van der Waals surface area contributed by atoms with E-state index in [9.17, 15) is 10.1 Å². The van der Waals surface area contributed by atoms with Crippen LogP contribution in [0.1, 0.15) is 24.6 Å². The van der Waals surface area contributed by atoms with E-state index in [0.29, 0.717) is 5.69 Å². The summed E-state index contributed by atoms with van der Waals surface area (Å²) in [5.74, 6) is 0. The van der Waals surface area contributed by atoms with Crippen molar-refractivity contribution in [2.45, 2.75) is 26.8 Å². The van der Waals surface area contributed by atoms with Gasteiger partial charge in [-0.2, -0.15) is 5.10 Å². The number of nitrogens with zero attached hydrogens (tertiary/aromatic N) is 3. The van der Waals surface area contributed by atoms with Crippen molar-refractivity contribution in [1.29, 1.82) is 0 Å². The van der Waals surface area contributed by atoms with Gasteiger partial charge < -0.3 is 5.32 Å². The topological polar surface area (TPSA) is 73.0 Å². The van der Waals surface area contributed by atoms with Gasteiger partial charge in [0, 0.05) is 23.9 Å². The molecule has 0 unspecified atom stereocenters. The number of para-hydroxylation sites is 2. The zero-order valence-electron chi connectivity index (χ0n) is 11.7. The molecule has 0 saturated heterocycles. The average molecular weight is 274 g/mol. The molecule has 1 aromatic carbocycles. The van der Waals surface area contributed by atoms with Gasteiger partial charge in [-0.05, 0) is 26.0 Å². The van der Waals surface area contributed by atoms with Gasteiger partial charge in [-0.25, -0.2) is 4.68 Å². The van der Waals surface area contributed by atoms with Crippen molar-refractivity contribution in [3.05, 3.63) is 51.8 Å². The second-order valence-electron chi connectivity index (χ2n) is 4.59. The molecule has 0 aliphatic rings. The van der Waals surface area contributed by atoms with Crippen LogP contribution < -0.4 is 5.32 Å². The fourth-order valence-corrected chi connectivity index (χ4v) is 2.06. The largest absolute Gasteiger partial charge is 0.313 e. The fourth-order valence-electron chi connectivity index (χ4n) is 2.06. The van der Waals surface area contributed by atoms with Crippen molar-refractivity contribution in [1.82, 2.24) is 15.1 Å². The van der Waals surface area contributed by atoms with Gasteiger partial charge in [-0.15, -0.1) is 0 Å². The third-order valence-electron chi connectivity index (χ3n) is 3.16. The maximum atomic E-state index is 11.1. The van der Waals surface area contributed by atoms with Gasteiger partial charge in [0.1, 0.15) is 5.69 Å². The van der Waals surface area contributed by atoms with Gasteiger partial charge in [-0.1, -0.05) is 19.1 Å². The van der Waals surface area contributed by atoms with E-state index in [1.165, 1.54) is 6.07 Å². The Hall–Kier alpha value is -2.21. The van der Waals surface area contributed by atoms with Crippen LogP contribution in [0.15, 0.2) is 30.5 Å². The first-order chi connectivity index (χ1) is 9.65. The van der Waals surface area contributed by atoms with Crippen LogP contribution in [0.4, 0.5) is 5.69 Å². The highest BCUT2D eigenvalue weighted by atomic mass is 16.6. The summed E-state index contributed by atoms with van der Waals surface area (Å²) in [4.78, 5) is 10.7. The van der Waals surface area contributed by atoms with Crippen LogP contribution in [0.5, 0.6) is 0 Å². The van der Waals surface area contributed by atoms with E-state index in [-0.39, 0.29) is 10.6 Å². The van der Waals surface area contributed by atoms with E-state index in [1.807, 2.05) is 6.92 Å². The Balaban J connectivity index is 2.32. The maximum Gasteiger partial charge on any atom is 0.294 e. The van der Waals surface area contributed by atoms with Crippen LogP contribution in [0, 0.1) is 17.0 Å². The molecule has 0 aliphatic carbocycles. The van der Waals surface area contributed by atoms with Crippen molar-refractivity contribution in [2.75, 3.05) is 6.54 Å². The van der Waals surface area contributed by atoms with Crippen LogP contribution in [-0.2, 0) is 6.54 Å². The summed E-state index contributed by atoms with van der Waals surface area (Å²) in [6, 6.07) is 6.63. The number of nitro groups is 1. The molecule has 6 heteroatoms. The second-order valence-corrected chi connectivity index (χ2v) is 4.59. The van der Waals surface area contributed by atoms with E-state index < -0.39 is 0 Å². The molecule has 1 aromatic heterocycles. The fraction of sp³-hybridized carbons (Fsp3) is 0.357. The van der Waals surface area contributed by atoms with E-state index in [1.54, 1.807) is 29.1 Å². The zero-order valence-corrected chi connectivity index (χ0v) is 11.7. The minimum absolute atomic E-state index is 0.0618. The quantitative estimate of drug-likeness (QED) is 0.499. The minimum atomic E-state index is -0.383. The molecule has 0 amide bonds. The first-order valence-corrected chi connectivity index (χ1v) is 6.63. The van der Waals surface area contributed by atoms with Gasteiger partial charge in [0.15, 0.2) is 0 Å². The van der Waals surface area contributed by atoms with E-state index >= 15 is 0 Å². The number of nitrogens with one attached hydrogen (secondary N) is 1. The van der Waals surface area contributed by atoms with Crippen molar-refractivity contribution in [3.63, 3.8) is 0 Å². The molecule has 0 radical (unpaired) electrons. The number of rotatable bonds is 6. The number of hydrogen-bond donors (Lipinski definition) is 1. The number of hydrogen-bond acceptors (Lipinski definition) is 4. The van der Waals surface area contributed by atoms with Crippen LogP contribution in [0.25, 0.3) is 5.69 Å². The molecule has 1 heterocycles. The summed E-state index contributed by atoms with van der Waals surface area (Å²) >= 11 is 0. The lowest BCUT2D eigenvalue weighted by Gasteiger charge is -2.06. The van der Waals surface area contributed by atoms with Crippen molar-refractivity contribution in [3.8, 4) is 5.69 Å². The molecule has 0 saturated carbocycles. The highest BCUT2D eigenvalue weighted by Gasteiger charge is 2.17. The molecule has 2 rings (SSSR count). The Morgan fingerprint density at radius 3 is 2.85 bits per heavy atom. The van der Waals surface area contributed by atoms with Crippen LogP contribution in [-0.4, -0.2) is 21.2 Å². The summed E-state index contributed by atoms with van der Waals surface area (Å²) in [5.41, 5.74) is 2.53. The van der Waals surface area contributed by atoms with Gasteiger partial charge in [0.25, 0.3) is 5.69 Å². The summed E-state index contributed by atoms with van der Waals surface area (Å²) in [5, 5.41) is 18.7. The van der Waals surface area contributed by atoms with Gasteiger partial charge in [0.05, 0.1) is 11.1 Å². The number of nitro benzene ring substituents is 1. The Morgan fingerprint density at radius 2 is 2.15 bits per heavy atom. The molecule has 1 N–H and O–H groups in total. The lowest BCUT2D eigenvalue weighted by Crippen LogP contribution is -2.14. The Kier molecular flexibility index (Phi) is 4.47. The standard InChI is InChI=1S/C14H18N4O2/c1-3-8-15-9-12-10-16-17(11(12)2)13-6-4-5-7-14(13)18(19)20/h4-7,10,15H,3,8-9H2,1-2H3. The molecule has 0 fully saturated rings. The molecular formula is C14H18N4O2. The van der Waals surface area contributed by atoms with Gasteiger partial charge in [0.2, 0.25) is 0 Å². The highest BCUT2D eigenvalue weighted by molar-refractivity contribution is 5.52. The second kappa shape index (κ2) is 6.29. The normalized spacial score (nSPS) is 10.7. The Labute approximate surface area is 117 Å². The Morgan fingerprint density at radius 1 is 1.40 bits per heavy atom. The summed E-state index contributed by atoms with van der Waals surface area (Å²) in [6.07, 6.45) is 2.83. The van der Waals surface area contributed by atoms with Crippen molar-refractivity contribution in [2.24, 2.45) is 0 Å². The smallest absolute Gasteiger partial charge is 0.294 e. The zero-order chi connectivity index (χ0) is 14.5. The molecule has 106 valence electrons. The monoisotopic (exact) mass is 274 g/mol. The first kappa shape index (κ1) is 14.2. The third kappa shape index (κ3) is 2.85. The van der Waals surface area contributed by atoms with Crippen LogP contribution >= 0.6 is 0 Å². The van der Waals surface area contributed by atoms with Crippen molar-refractivity contribution >= 4 is 5.69 Å². The lowest BCUT2D eigenvalue weighted by atomic mass is 10.2. The molecule has 0 bridgehead atoms. The van der Waals surface area contributed by atoms with E-state index in [0.717, 1.165) is 30.8 Å². The molecule has 6 nitrogen and oxygen atoms in total.